The van der Waals surface area contributed by atoms with Crippen LogP contribution in [-0.2, 0) is 42.4 Å². The number of unbranched alkanes of at least 4 members (excludes halogenated alkanes) is 26. The van der Waals surface area contributed by atoms with E-state index < -0.39 is 112 Å². The Morgan fingerprint density at radius 2 is 1.03 bits per heavy atom. The first-order valence-electron chi connectivity index (χ1n) is 29.0. The second-order valence-corrected chi connectivity index (χ2v) is 22.2. The van der Waals surface area contributed by atoms with Gasteiger partial charge in [0.2, 0.25) is 11.8 Å². The molecule has 436 valence electrons. The fourth-order valence-corrected chi connectivity index (χ4v) is 10.4. The Kier molecular flexibility index (Phi) is 38.0. The van der Waals surface area contributed by atoms with Crippen LogP contribution in [0.5, 0.6) is 0 Å². The van der Waals surface area contributed by atoms with Crippen LogP contribution < -0.4 is 15.5 Å². The van der Waals surface area contributed by atoms with Crippen molar-refractivity contribution in [1.82, 2.24) is 10.6 Å². The maximum absolute atomic E-state index is 13.9. The molecule has 2 amide bonds. The van der Waals surface area contributed by atoms with Gasteiger partial charge in [-0.05, 0) is 25.7 Å². The summed E-state index contributed by atoms with van der Waals surface area (Å²) in [6.45, 7) is 4.93. The average molecular weight is 1080 g/mol. The summed E-state index contributed by atoms with van der Waals surface area (Å²) in [5, 5.41) is 70.1. The third-order valence-electron chi connectivity index (χ3n) is 14.3. The number of nitrogens with one attached hydrogen (secondary N) is 2. The third kappa shape index (κ3) is 30.3. The minimum absolute atomic E-state index is 0.185. The summed E-state index contributed by atoms with van der Waals surface area (Å²) >= 11 is 0. The Bertz CT molecular complexity index is 1500. The quantitative estimate of drug-likeness (QED) is 0.0170. The van der Waals surface area contributed by atoms with E-state index in [1.54, 1.807) is 0 Å². The van der Waals surface area contributed by atoms with Crippen molar-refractivity contribution in [3.05, 3.63) is 0 Å². The molecule has 19 nitrogen and oxygen atoms in total. The lowest BCUT2D eigenvalue weighted by atomic mass is 9.95. The fraction of sp³-hybridized carbons (Fsp3) is 0.944. The molecule has 13 atom stereocenters. The summed E-state index contributed by atoms with van der Waals surface area (Å²) in [4.78, 5) is 61.3. The molecule has 0 spiro atoms. The number of carbonyl (C=O) groups is 3. The zero-order chi connectivity index (χ0) is 54.6. The van der Waals surface area contributed by atoms with Crippen molar-refractivity contribution < 1.29 is 82.8 Å². The number of hydrogen-bond acceptors (Lipinski definition) is 16. The molecule has 0 aromatic rings. The van der Waals surface area contributed by atoms with E-state index in [0.717, 1.165) is 70.6 Å². The summed E-state index contributed by atoms with van der Waals surface area (Å²) < 4.78 is 39.6. The Morgan fingerprint density at radius 3 is 1.51 bits per heavy atom. The molecule has 2 saturated heterocycles. The van der Waals surface area contributed by atoms with Gasteiger partial charge in [0.05, 0.1) is 32.2 Å². The Labute approximate surface area is 443 Å². The molecule has 2 rings (SSSR count). The largest absolute Gasteiger partial charge is 0.756 e. The molecule has 74 heavy (non-hydrogen) atoms. The van der Waals surface area contributed by atoms with Gasteiger partial charge in [-0.25, -0.2) is 0 Å². The molecule has 2 aliphatic heterocycles. The van der Waals surface area contributed by atoms with Crippen LogP contribution in [0.1, 0.15) is 239 Å². The highest BCUT2D eigenvalue weighted by molar-refractivity contribution is 7.44. The molecular formula is C54H102N2O17P-. The summed E-state index contributed by atoms with van der Waals surface area (Å²) in [7, 11) is -5.56. The van der Waals surface area contributed by atoms with E-state index in [2.05, 4.69) is 31.4 Å². The zero-order valence-electron chi connectivity index (χ0n) is 45.5. The van der Waals surface area contributed by atoms with E-state index in [1.807, 2.05) is 0 Å². The molecule has 1 unspecified atom stereocenters. The highest BCUT2D eigenvalue weighted by atomic mass is 31.2. The monoisotopic (exact) mass is 1080 g/mol. The topological polar surface area (TPSA) is 303 Å². The summed E-state index contributed by atoms with van der Waals surface area (Å²) in [5.41, 5.74) is 0. The van der Waals surface area contributed by atoms with Gasteiger partial charge in [0, 0.05) is 6.42 Å². The first-order chi connectivity index (χ1) is 35.5. The smallest absolute Gasteiger partial charge is 0.306 e. The molecular weight excluding hydrogens is 980 g/mol. The second kappa shape index (κ2) is 41.2. The summed E-state index contributed by atoms with van der Waals surface area (Å²) in [6.07, 6.45) is 15.9. The lowest BCUT2D eigenvalue weighted by Gasteiger charge is -2.46. The lowest BCUT2D eigenvalue weighted by molar-refractivity contribution is -0.302. The zero-order valence-corrected chi connectivity index (χ0v) is 46.4. The number of hydrogen-bond donors (Lipinski definition) is 9. The maximum atomic E-state index is 13.9. The Balaban J connectivity index is 2.07. The first-order valence-corrected chi connectivity index (χ1v) is 30.5. The molecule has 0 aromatic carbocycles. The Morgan fingerprint density at radius 1 is 0.581 bits per heavy atom. The number of ether oxygens (including phenoxy) is 4. The number of esters is 1. The van der Waals surface area contributed by atoms with Crippen molar-refractivity contribution in [2.24, 2.45) is 0 Å². The van der Waals surface area contributed by atoms with Crippen LogP contribution in [0.15, 0.2) is 0 Å². The number of amides is 2. The molecule has 0 bridgehead atoms. The van der Waals surface area contributed by atoms with Crippen molar-refractivity contribution >= 4 is 25.6 Å². The molecule has 2 fully saturated rings. The highest BCUT2D eigenvalue weighted by Gasteiger charge is 2.50. The number of phosphoric acid groups is 1. The average Bonchev–Trinajstić information content (AvgIpc) is 3.35. The molecule has 2 aliphatic rings. The molecule has 20 heteroatoms. The van der Waals surface area contributed by atoms with Crippen LogP contribution in [0.2, 0.25) is 0 Å². The molecule has 0 saturated carbocycles. The minimum atomic E-state index is -5.56. The lowest BCUT2D eigenvalue weighted by Crippen LogP contribution is -2.67. The predicted molar refractivity (Wildman–Crippen MR) is 279 cm³/mol. The van der Waals surface area contributed by atoms with Crippen molar-refractivity contribution in [1.29, 1.82) is 0 Å². The number of aliphatic hydroxyl groups excluding tert-OH is 6. The third-order valence-corrected chi connectivity index (χ3v) is 14.8. The van der Waals surface area contributed by atoms with Gasteiger partial charge >= 0.3 is 5.97 Å². The normalized spacial score (nSPS) is 25.8. The summed E-state index contributed by atoms with van der Waals surface area (Å²) in [6, 6.07) is -3.16. The van der Waals surface area contributed by atoms with Gasteiger partial charge in [-0.1, -0.05) is 194 Å². The van der Waals surface area contributed by atoms with Crippen molar-refractivity contribution in [3.8, 4) is 0 Å². The van der Waals surface area contributed by atoms with Crippen LogP contribution >= 0.6 is 7.82 Å². The van der Waals surface area contributed by atoms with Crippen molar-refractivity contribution in [2.75, 3.05) is 13.2 Å². The van der Waals surface area contributed by atoms with E-state index >= 15 is 0 Å². The van der Waals surface area contributed by atoms with Gasteiger partial charge in [0.1, 0.15) is 54.8 Å². The van der Waals surface area contributed by atoms with Crippen LogP contribution in [0.25, 0.3) is 0 Å². The standard InChI is InChI=1S/C54H103N2O17P/c1-4-7-10-13-16-19-20-23-26-29-32-35-46(61)70-41(34-31-28-25-22-18-15-12-9-6-3)37-45(60)56-48-51(64)52(73-74(66,67)68)42(38-57)72-54(48)69-39-43-49(62)50(63)47(53(65)71-43)55-44(59)36-40(58)33-30-27-24-21-17-14-11-8-5-2/h40-43,47-54,57-58,62-65H,4-39H2,1-3H3,(H,55,59)(H,56,60)(H2,66,67,68)/p-1/t40-,41-,42-,43-,47-,48-,49-,50-,51-,52-,53+,54-/m1/s1. The van der Waals surface area contributed by atoms with Crippen LogP contribution in [0.4, 0.5) is 0 Å². The van der Waals surface area contributed by atoms with Gasteiger partial charge < -0.3 is 74.5 Å². The van der Waals surface area contributed by atoms with E-state index in [0.29, 0.717) is 25.7 Å². The molecule has 2 heterocycles. The van der Waals surface area contributed by atoms with E-state index in [-0.39, 0.29) is 19.3 Å². The van der Waals surface area contributed by atoms with E-state index in [1.165, 1.54) is 103 Å². The highest BCUT2D eigenvalue weighted by Crippen LogP contribution is 2.38. The fourth-order valence-electron chi connectivity index (χ4n) is 9.84. The molecule has 9 N–H and O–H groups in total. The Hall–Kier alpha value is -1.84. The van der Waals surface area contributed by atoms with Gasteiger partial charge in [-0.3, -0.25) is 18.9 Å². The van der Waals surface area contributed by atoms with E-state index in [9.17, 15) is 59.4 Å². The van der Waals surface area contributed by atoms with Gasteiger partial charge in [0.15, 0.2) is 12.6 Å². The minimum Gasteiger partial charge on any atom is -0.756 e. The summed E-state index contributed by atoms with van der Waals surface area (Å²) in [5.74, 6) is -1.87. The van der Waals surface area contributed by atoms with Crippen molar-refractivity contribution in [3.63, 3.8) is 0 Å². The number of phosphoric ester groups is 1. The van der Waals surface area contributed by atoms with Crippen LogP contribution in [0.3, 0.4) is 0 Å². The van der Waals surface area contributed by atoms with Crippen molar-refractivity contribution in [2.45, 2.75) is 313 Å². The van der Waals surface area contributed by atoms with Gasteiger partial charge in [-0.15, -0.1) is 0 Å². The predicted octanol–water partition coefficient (Wildman–Crippen LogP) is 6.93. The maximum Gasteiger partial charge on any atom is 0.306 e. The van der Waals surface area contributed by atoms with E-state index in [4.69, 9.17) is 23.5 Å². The van der Waals surface area contributed by atoms with Crippen LogP contribution in [0, 0.1) is 0 Å². The number of aliphatic hydroxyl groups is 6. The SMILES string of the molecule is CCCCCCCCCCCCCC(=O)O[C@H](CCCCCCCCCCC)CC(=O)N[C@H]1[C@H](OC[C@H]2O[C@H](O)[C@H](NC(=O)C[C@H](O)CCCCCCCCCCC)[C@@H](O)[C@@H]2O)O[C@H](CO)[C@@H](OP(=O)([O-])O)[C@@H]1O. The molecule has 0 aliphatic carbocycles. The molecule has 0 radical (unpaired) electrons. The van der Waals surface area contributed by atoms with Crippen LogP contribution in [-0.4, -0.2) is 140 Å². The number of rotatable bonds is 45. The molecule has 0 aromatic heterocycles. The first kappa shape index (κ1) is 68.3. The van der Waals surface area contributed by atoms with Gasteiger partial charge in [0.25, 0.3) is 7.82 Å². The number of carbonyl (C=O) groups excluding carboxylic acids is 3. The van der Waals surface area contributed by atoms with Gasteiger partial charge in [-0.2, -0.15) is 0 Å². The second-order valence-electron chi connectivity index (χ2n) is 21.0.